The topological polar surface area (TPSA) is 38.2 Å². The van der Waals surface area contributed by atoms with Gasteiger partial charge in [-0.15, -0.1) is 0 Å². The molecule has 0 saturated carbocycles. The molecule has 100 valence electrons. The molecule has 5 heteroatoms. The predicted octanol–water partition coefficient (Wildman–Crippen LogP) is 2.87. The zero-order valence-electron chi connectivity index (χ0n) is 11.2. The Kier molecular flexibility index (Phi) is 4.40. The molecule has 0 aliphatic carbocycles. The summed E-state index contributed by atoms with van der Waals surface area (Å²) in [4.78, 5) is 11.1. The number of anilines is 1. The first kappa shape index (κ1) is 13.6. The Hall–Kier alpha value is -0.870. The molecule has 0 spiro atoms. The van der Waals surface area contributed by atoms with Crippen LogP contribution in [0.3, 0.4) is 0 Å². The second-order valence-corrected chi connectivity index (χ2v) is 5.40. The van der Waals surface area contributed by atoms with Crippen molar-refractivity contribution < 1.29 is 4.74 Å². The Morgan fingerprint density at radius 3 is 2.61 bits per heavy atom. The van der Waals surface area contributed by atoms with Gasteiger partial charge in [-0.05, 0) is 12.8 Å². The highest BCUT2D eigenvalue weighted by Crippen LogP contribution is 2.23. The second kappa shape index (κ2) is 5.85. The van der Waals surface area contributed by atoms with Crippen molar-refractivity contribution in [3.63, 3.8) is 0 Å². The van der Waals surface area contributed by atoms with Crippen molar-refractivity contribution in [1.82, 2.24) is 9.97 Å². The van der Waals surface area contributed by atoms with Gasteiger partial charge in [0.05, 0.1) is 0 Å². The lowest BCUT2D eigenvalue weighted by Gasteiger charge is -2.32. The number of halogens is 1. The third-order valence-corrected chi connectivity index (χ3v) is 3.51. The van der Waals surface area contributed by atoms with Crippen LogP contribution in [0.25, 0.3) is 0 Å². The molecule has 0 amide bonds. The SMILES string of the molecule is CC(C)c1nc(Cl)cc(N(C)C2CCOCC2)n1. The van der Waals surface area contributed by atoms with Gasteiger partial charge in [0.2, 0.25) is 0 Å². The van der Waals surface area contributed by atoms with Crippen LogP contribution in [0.5, 0.6) is 0 Å². The molecule has 0 bridgehead atoms. The Bertz CT molecular complexity index is 405. The van der Waals surface area contributed by atoms with E-state index < -0.39 is 0 Å². The quantitative estimate of drug-likeness (QED) is 0.791. The van der Waals surface area contributed by atoms with E-state index in [2.05, 4.69) is 35.8 Å². The van der Waals surface area contributed by atoms with E-state index in [1.54, 1.807) is 0 Å². The zero-order valence-corrected chi connectivity index (χ0v) is 11.9. The van der Waals surface area contributed by atoms with Gasteiger partial charge < -0.3 is 9.64 Å². The Morgan fingerprint density at radius 2 is 2.00 bits per heavy atom. The first-order valence-corrected chi connectivity index (χ1v) is 6.80. The zero-order chi connectivity index (χ0) is 13.1. The van der Waals surface area contributed by atoms with E-state index in [1.807, 2.05) is 6.07 Å². The molecule has 0 radical (unpaired) electrons. The lowest BCUT2D eigenvalue weighted by Crippen LogP contribution is -2.37. The maximum absolute atomic E-state index is 6.07. The molecule has 1 aliphatic heterocycles. The van der Waals surface area contributed by atoms with Crippen LogP contribution in [0.15, 0.2) is 6.07 Å². The molecule has 2 rings (SSSR count). The minimum Gasteiger partial charge on any atom is -0.381 e. The van der Waals surface area contributed by atoms with Gasteiger partial charge in [-0.1, -0.05) is 25.4 Å². The number of aromatic nitrogens is 2. The Labute approximate surface area is 113 Å². The van der Waals surface area contributed by atoms with Crippen LogP contribution in [0, 0.1) is 0 Å². The third kappa shape index (κ3) is 3.12. The summed E-state index contributed by atoms with van der Waals surface area (Å²) in [5.74, 6) is 1.99. The van der Waals surface area contributed by atoms with Crippen molar-refractivity contribution in [3.8, 4) is 0 Å². The van der Waals surface area contributed by atoms with Crippen LogP contribution >= 0.6 is 11.6 Å². The van der Waals surface area contributed by atoms with E-state index in [-0.39, 0.29) is 5.92 Å². The molecule has 4 nitrogen and oxygen atoms in total. The number of hydrogen-bond acceptors (Lipinski definition) is 4. The normalized spacial score (nSPS) is 17.2. The summed E-state index contributed by atoms with van der Waals surface area (Å²) < 4.78 is 5.39. The van der Waals surface area contributed by atoms with Crippen molar-refractivity contribution in [2.45, 2.75) is 38.6 Å². The summed E-state index contributed by atoms with van der Waals surface area (Å²) in [6.07, 6.45) is 2.07. The van der Waals surface area contributed by atoms with Crippen molar-refractivity contribution in [3.05, 3.63) is 17.0 Å². The molecular formula is C13H20ClN3O. The number of ether oxygens (including phenoxy) is 1. The predicted molar refractivity (Wildman–Crippen MR) is 73.4 cm³/mol. The summed E-state index contributed by atoms with van der Waals surface area (Å²) >= 11 is 6.07. The molecule has 0 atom stereocenters. The smallest absolute Gasteiger partial charge is 0.135 e. The first-order chi connectivity index (χ1) is 8.58. The maximum Gasteiger partial charge on any atom is 0.135 e. The minimum atomic E-state index is 0.283. The van der Waals surface area contributed by atoms with Crippen molar-refractivity contribution in [1.29, 1.82) is 0 Å². The molecule has 1 aromatic heterocycles. The van der Waals surface area contributed by atoms with Crippen molar-refractivity contribution in [2.24, 2.45) is 0 Å². The molecule has 18 heavy (non-hydrogen) atoms. The van der Waals surface area contributed by atoms with Crippen LogP contribution < -0.4 is 4.90 Å². The fourth-order valence-corrected chi connectivity index (χ4v) is 2.31. The van der Waals surface area contributed by atoms with Gasteiger partial charge in [-0.3, -0.25) is 0 Å². The molecule has 1 fully saturated rings. The molecule has 1 saturated heterocycles. The third-order valence-electron chi connectivity index (χ3n) is 3.31. The van der Waals surface area contributed by atoms with Gasteiger partial charge >= 0.3 is 0 Å². The van der Waals surface area contributed by atoms with Gasteiger partial charge in [0, 0.05) is 38.3 Å². The fourth-order valence-electron chi connectivity index (χ4n) is 2.12. The molecule has 2 heterocycles. The highest BCUT2D eigenvalue weighted by molar-refractivity contribution is 6.29. The van der Waals surface area contributed by atoms with Crippen LogP contribution in [0.1, 0.15) is 38.4 Å². The molecule has 0 N–H and O–H groups in total. The average molecular weight is 270 g/mol. The van der Waals surface area contributed by atoms with Crippen molar-refractivity contribution in [2.75, 3.05) is 25.2 Å². The number of nitrogens with zero attached hydrogens (tertiary/aromatic N) is 3. The molecular weight excluding hydrogens is 250 g/mol. The maximum atomic E-state index is 6.07. The summed E-state index contributed by atoms with van der Waals surface area (Å²) in [6.45, 7) is 5.80. The Balaban J connectivity index is 2.20. The largest absolute Gasteiger partial charge is 0.381 e. The highest BCUT2D eigenvalue weighted by Gasteiger charge is 2.20. The van der Waals surface area contributed by atoms with E-state index in [0.717, 1.165) is 37.7 Å². The second-order valence-electron chi connectivity index (χ2n) is 5.02. The lowest BCUT2D eigenvalue weighted by molar-refractivity contribution is 0.0853. The highest BCUT2D eigenvalue weighted by atomic mass is 35.5. The van der Waals surface area contributed by atoms with E-state index in [0.29, 0.717) is 11.2 Å². The standard InChI is InChI=1S/C13H20ClN3O/c1-9(2)13-15-11(14)8-12(16-13)17(3)10-4-6-18-7-5-10/h8-10H,4-7H2,1-3H3. The first-order valence-electron chi connectivity index (χ1n) is 6.43. The van der Waals surface area contributed by atoms with E-state index >= 15 is 0 Å². The van der Waals surface area contributed by atoms with Crippen LogP contribution in [-0.4, -0.2) is 36.3 Å². The number of rotatable bonds is 3. The van der Waals surface area contributed by atoms with Gasteiger partial charge in [-0.25, -0.2) is 9.97 Å². The summed E-state index contributed by atoms with van der Waals surface area (Å²) in [5, 5.41) is 0.516. The van der Waals surface area contributed by atoms with Crippen molar-refractivity contribution >= 4 is 17.4 Å². The molecule has 0 unspecified atom stereocenters. The Morgan fingerprint density at radius 1 is 1.33 bits per heavy atom. The monoisotopic (exact) mass is 269 g/mol. The van der Waals surface area contributed by atoms with Crippen LogP contribution in [-0.2, 0) is 4.74 Å². The van der Waals surface area contributed by atoms with Gasteiger partial charge in [0.15, 0.2) is 0 Å². The lowest BCUT2D eigenvalue weighted by atomic mass is 10.1. The van der Waals surface area contributed by atoms with Gasteiger partial charge in [0.25, 0.3) is 0 Å². The average Bonchev–Trinajstić information content (AvgIpc) is 2.38. The molecule has 1 aromatic rings. The fraction of sp³-hybridized carbons (Fsp3) is 0.692. The van der Waals surface area contributed by atoms with E-state index in [1.165, 1.54) is 0 Å². The van der Waals surface area contributed by atoms with Crippen LogP contribution in [0.2, 0.25) is 5.15 Å². The molecule has 1 aliphatic rings. The summed E-state index contributed by atoms with van der Waals surface area (Å²) in [7, 11) is 2.07. The molecule has 0 aromatic carbocycles. The summed E-state index contributed by atoms with van der Waals surface area (Å²) in [6, 6.07) is 2.31. The minimum absolute atomic E-state index is 0.283. The number of hydrogen-bond donors (Lipinski definition) is 0. The van der Waals surface area contributed by atoms with E-state index in [9.17, 15) is 0 Å². The summed E-state index contributed by atoms with van der Waals surface area (Å²) in [5.41, 5.74) is 0. The van der Waals surface area contributed by atoms with E-state index in [4.69, 9.17) is 16.3 Å². The van der Waals surface area contributed by atoms with Crippen LogP contribution in [0.4, 0.5) is 5.82 Å². The van der Waals surface area contributed by atoms with Gasteiger partial charge in [0.1, 0.15) is 16.8 Å². The van der Waals surface area contributed by atoms with Gasteiger partial charge in [-0.2, -0.15) is 0 Å².